The summed E-state index contributed by atoms with van der Waals surface area (Å²) < 4.78 is 19.2. The van der Waals surface area contributed by atoms with Crippen molar-refractivity contribution in [3.05, 3.63) is 63.9 Å². The van der Waals surface area contributed by atoms with Crippen molar-refractivity contribution in [2.24, 2.45) is 0 Å². The van der Waals surface area contributed by atoms with Crippen LogP contribution in [0.1, 0.15) is 15.9 Å². The van der Waals surface area contributed by atoms with Crippen molar-refractivity contribution in [2.75, 3.05) is 0 Å². The van der Waals surface area contributed by atoms with Crippen LogP contribution in [0.4, 0.5) is 4.39 Å². The van der Waals surface area contributed by atoms with Crippen LogP contribution in [-0.2, 0) is 0 Å². The Morgan fingerprint density at radius 2 is 2.00 bits per heavy atom. The van der Waals surface area contributed by atoms with Crippen molar-refractivity contribution in [1.82, 2.24) is 0 Å². The van der Waals surface area contributed by atoms with Gasteiger partial charge in [-0.3, -0.25) is 0 Å². The molecule has 0 spiro atoms. The summed E-state index contributed by atoms with van der Waals surface area (Å²) in [4.78, 5) is 11.8. The average molecular weight is 309 g/mol. The van der Waals surface area contributed by atoms with Crippen LogP contribution in [0.15, 0.2) is 46.9 Å². The molecule has 0 aliphatic rings. The number of ether oxygens (including phenoxy) is 1. The molecule has 2 rings (SSSR count). The van der Waals surface area contributed by atoms with Crippen LogP contribution >= 0.6 is 15.9 Å². The van der Waals surface area contributed by atoms with Crippen molar-refractivity contribution in [2.45, 2.75) is 6.92 Å². The highest BCUT2D eigenvalue weighted by Gasteiger charge is 2.14. The second-order valence-electron chi connectivity index (χ2n) is 3.83. The van der Waals surface area contributed by atoms with Gasteiger partial charge in [-0.2, -0.15) is 0 Å². The average Bonchev–Trinajstić information content (AvgIpc) is 2.28. The molecule has 2 aromatic carbocycles. The molecule has 0 aromatic heterocycles. The monoisotopic (exact) mass is 308 g/mol. The van der Waals surface area contributed by atoms with E-state index in [1.165, 1.54) is 12.1 Å². The van der Waals surface area contributed by atoms with Crippen molar-refractivity contribution >= 4 is 21.9 Å². The number of halogens is 2. The van der Waals surface area contributed by atoms with Gasteiger partial charge in [0.25, 0.3) is 0 Å². The maximum absolute atomic E-state index is 13.6. The largest absolute Gasteiger partial charge is 0.423 e. The van der Waals surface area contributed by atoms with Gasteiger partial charge >= 0.3 is 5.97 Å². The Labute approximate surface area is 113 Å². The van der Waals surface area contributed by atoms with Gasteiger partial charge in [0.05, 0.1) is 5.56 Å². The van der Waals surface area contributed by atoms with Crippen molar-refractivity contribution in [3.63, 3.8) is 0 Å². The fourth-order valence-corrected chi connectivity index (χ4v) is 1.83. The third kappa shape index (κ3) is 2.96. The summed E-state index contributed by atoms with van der Waals surface area (Å²) in [5.41, 5.74) is 0.885. The van der Waals surface area contributed by atoms with E-state index in [2.05, 4.69) is 15.9 Å². The van der Waals surface area contributed by atoms with Crippen LogP contribution in [0.25, 0.3) is 0 Å². The van der Waals surface area contributed by atoms with Gasteiger partial charge in [-0.25, -0.2) is 9.18 Å². The Morgan fingerprint density at radius 3 is 2.67 bits per heavy atom. The van der Waals surface area contributed by atoms with Crippen LogP contribution in [0, 0.1) is 12.7 Å². The molecule has 4 heteroatoms. The molecule has 2 nitrogen and oxygen atoms in total. The van der Waals surface area contributed by atoms with E-state index in [1.807, 2.05) is 13.0 Å². The van der Waals surface area contributed by atoms with Gasteiger partial charge < -0.3 is 4.74 Å². The number of aryl methyl sites for hydroxylation is 1. The summed E-state index contributed by atoms with van der Waals surface area (Å²) in [5.74, 6) is -0.907. The van der Waals surface area contributed by atoms with Crippen molar-refractivity contribution in [3.8, 4) is 5.75 Å². The topological polar surface area (TPSA) is 26.3 Å². The Bertz CT molecular complexity index is 596. The van der Waals surface area contributed by atoms with Crippen LogP contribution in [0.3, 0.4) is 0 Å². The van der Waals surface area contributed by atoms with E-state index in [0.717, 1.165) is 5.56 Å². The van der Waals surface area contributed by atoms with E-state index < -0.39 is 11.8 Å². The van der Waals surface area contributed by atoms with Crippen LogP contribution in [0.5, 0.6) is 5.75 Å². The van der Waals surface area contributed by atoms with Gasteiger partial charge in [0, 0.05) is 4.47 Å². The zero-order valence-corrected chi connectivity index (χ0v) is 11.2. The maximum Gasteiger partial charge on any atom is 0.346 e. The third-order valence-corrected chi connectivity index (χ3v) is 2.84. The predicted octanol–water partition coefficient (Wildman–Crippen LogP) is 4.12. The van der Waals surface area contributed by atoms with Gasteiger partial charge in [0.1, 0.15) is 11.6 Å². The molecule has 0 saturated heterocycles. The summed E-state index contributed by atoms with van der Waals surface area (Å²) in [6.45, 7) is 1.89. The Balaban J connectivity index is 2.22. The van der Waals surface area contributed by atoms with Gasteiger partial charge in [-0.1, -0.05) is 28.1 Å². The lowest BCUT2D eigenvalue weighted by Crippen LogP contribution is -2.10. The van der Waals surface area contributed by atoms with Gasteiger partial charge in [0.2, 0.25) is 0 Å². The fraction of sp³-hybridized carbons (Fsp3) is 0.0714. The summed E-state index contributed by atoms with van der Waals surface area (Å²) in [7, 11) is 0. The molecule has 0 N–H and O–H groups in total. The molecule has 0 bridgehead atoms. The summed E-state index contributed by atoms with van der Waals surface area (Å²) in [6, 6.07) is 11.2. The molecule has 0 saturated carbocycles. The Morgan fingerprint density at radius 1 is 1.22 bits per heavy atom. The van der Waals surface area contributed by atoms with Gasteiger partial charge in [0.15, 0.2) is 0 Å². The molecule has 0 atom stereocenters. The summed E-state index contributed by atoms with van der Waals surface area (Å²) >= 11 is 3.13. The molecule has 18 heavy (non-hydrogen) atoms. The minimum atomic E-state index is -0.703. The van der Waals surface area contributed by atoms with E-state index in [9.17, 15) is 9.18 Å². The summed E-state index contributed by atoms with van der Waals surface area (Å²) in [6.07, 6.45) is 0. The lowest BCUT2D eigenvalue weighted by molar-refractivity contribution is 0.0730. The number of carbonyl (C=O) groups is 1. The molecule has 0 fully saturated rings. The molecule has 0 unspecified atom stereocenters. The normalized spacial score (nSPS) is 10.2. The van der Waals surface area contributed by atoms with Crippen LogP contribution in [0.2, 0.25) is 0 Å². The second kappa shape index (κ2) is 5.31. The molecule has 0 aliphatic carbocycles. The number of benzene rings is 2. The molecule has 2 aromatic rings. The van der Waals surface area contributed by atoms with E-state index >= 15 is 0 Å². The summed E-state index contributed by atoms with van der Waals surface area (Å²) in [5, 5.41) is 0. The molecule has 0 amide bonds. The number of esters is 1. The number of hydrogen-bond acceptors (Lipinski definition) is 2. The molecular formula is C14H10BrFO2. The highest BCUT2D eigenvalue weighted by molar-refractivity contribution is 9.10. The zero-order valence-electron chi connectivity index (χ0n) is 9.61. The quantitative estimate of drug-likeness (QED) is 0.616. The maximum atomic E-state index is 13.6. The molecule has 0 aliphatic heterocycles. The lowest BCUT2D eigenvalue weighted by Gasteiger charge is -2.06. The minimum absolute atomic E-state index is 0.0836. The van der Waals surface area contributed by atoms with Crippen molar-refractivity contribution < 1.29 is 13.9 Å². The Hall–Kier alpha value is -1.68. The minimum Gasteiger partial charge on any atom is -0.423 e. The fourth-order valence-electron chi connectivity index (χ4n) is 1.50. The third-order valence-electron chi connectivity index (χ3n) is 2.35. The van der Waals surface area contributed by atoms with E-state index in [4.69, 9.17) is 4.74 Å². The molecular weight excluding hydrogens is 299 g/mol. The molecule has 0 heterocycles. The first-order chi connectivity index (χ1) is 8.56. The van der Waals surface area contributed by atoms with Crippen molar-refractivity contribution in [1.29, 1.82) is 0 Å². The highest BCUT2D eigenvalue weighted by atomic mass is 79.9. The number of rotatable bonds is 2. The first kappa shape index (κ1) is 12.8. The first-order valence-corrected chi connectivity index (χ1v) is 6.09. The van der Waals surface area contributed by atoms with Crippen LogP contribution in [-0.4, -0.2) is 5.97 Å². The van der Waals surface area contributed by atoms with E-state index in [1.54, 1.807) is 24.3 Å². The Kier molecular flexibility index (Phi) is 3.77. The van der Waals surface area contributed by atoms with Crippen LogP contribution < -0.4 is 4.74 Å². The molecule has 0 radical (unpaired) electrons. The lowest BCUT2D eigenvalue weighted by atomic mass is 10.2. The van der Waals surface area contributed by atoms with Gasteiger partial charge in [-0.05, 0) is 42.8 Å². The van der Waals surface area contributed by atoms with E-state index in [0.29, 0.717) is 10.2 Å². The van der Waals surface area contributed by atoms with E-state index in [-0.39, 0.29) is 5.56 Å². The number of carbonyl (C=O) groups excluding carboxylic acids is 1. The van der Waals surface area contributed by atoms with Gasteiger partial charge in [-0.15, -0.1) is 0 Å². The SMILES string of the molecule is Cc1cccc(OC(=O)c2ccc(Br)cc2F)c1. The molecule has 92 valence electrons. The predicted molar refractivity (Wildman–Crippen MR) is 70.2 cm³/mol. The zero-order chi connectivity index (χ0) is 13.1. The first-order valence-electron chi connectivity index (χ1n) is 5.30. The number of hydrogen-bond donors (Lipinski definition) is 0. The second-order valence-corrected chi connectivity index (χ2v) is 4.75. The smallest absolute Gasteiger partial charge is 0.346 e. The standard InChI is InChI=1S/C14H10BrFO2/c1-9-3-2-4-11(7-9)18-14(17)12-6-5-10(15)8-13(12)16/h2-8H,1H3. The highest BCUT2D eigenvalue weighted by Crippen LogP contribution is 2.18.